The van der Waals surface area contributed by atoms with Crippen molar-refractivity contribution in [2.45, 2.75) is 26.3 Å². The van der Waals surface area contributed by atoms with Crippen LogP contribution in [-0.2, 0) is 4.79 Å². The van der Waals surface area contributed by atoms with Gasteiger partial charge in [0, 0.05) is 17.3 Å². The predicted octanol–water partition coefficient (Wildman–Crippen LogP) is 1.99. The molecule has 19 heavy (non-hydrogen) atoms. The Kier molecular flexibility index (Phi) is 5.92. The Morgan fingerprint density at radius 1 is 1.53 bits per heavy atom. The third-order valence-electron chi connectivity index (χ3n) is 3.17. The van der Waals surface area contributed by atoms with Crippen molar-refractivity contribution in [1.29, 1.82) is 0 Å². The quantitative estimate of drug-likeness (QED) is 0.782. The highest BCUT2D eigenvalue weighted by Crippen LogP contribution is 2.11. The fourth-order valence-corrected chi connectivity index (χ4v) is 1.77. The van der Waals surface area contributed by atoms with Crippen LogP contribution in [0.4, 0.5) is 5.69 Å². The van der Waals surface area contributed by atoms with Crippen LogP contribution in [0, 0.1) is 0 Å². The molecule has 0 aliphatic rings. The van der Waals surface area contributed by atoms with Gasteiger partial charge in [0.05, 0.1) is 6.54 Å². The van der Waals surface area contributed by atoms with E-state index in [1.165, 1.54) is 0 Å². The van der Waals surface area contributed by atoms with Crippen LogP contribution in [0.25, 0.3) is 0 Å². The van der Waals surface area contributed by atoms with Gasteiger partial charge in [0.1, 0.15) is 4.99 Å². The molecule has 0 saturated heterocycles. The first-order valence-electron chi connectivity index (χ1n) is 6.34. The van der Waals surface area contributed by atoms with Crippen molar-refractivity contribution in [3.8, 4) is 0 Å². The summed E-state index contributed by atoms with van der Waals surface area (Å²) in [4.78, 5) is 14.3. The lowest BCUT2D eigenvalue weighted by Gasteiger charge is -2.22. The maximum atomic E-state index is 11.9. The lowest BCUT2D eigenvalue weighted by atomic mass is 10.2. The molecular weight excluding hydrogens is 258 g/mol. The molecule has 0 bridgehead atoms. The maximum absolute atomic E-state index is 11.9. The molecule has 1 aromatic carbocycles. The minimum atomic E-state index is -0.0390. The monoisotopic (exact) mass is 279 g/mol. The fraction of sp³-hybridized carbons (Fsp3) is 0.429. The molecule has 1 rings (SSSR count). The van der Waals surface area contributed by atoms with Gasteiger partial charge >= 0.3 is 0 Å². The van der Waals surface area contributed by atoms with E-state index in [1.54, 1.807) is 6.07 Å². The number of thiocarbonyl (C=S) groups is 1. The van der Waals surface area contributed by atoms with Crippen LogP contribution < -0.4 is 11.1 Å². The Labute approximate surface area is 120 Å². The fourth-order valence-electron chi connectivity index (χ4n) is 1.64. The van der Waals surface area contributed by atoms with Crippen molar-refractivity contribution in [1.82, 2.24) is 4.90 Å². The molecular formula is C14H21N3OS. The number of nitrogens with two attached hydrogens (primary N) is 1. The molecule has 3 N–H and O–H groups in total. The highest BCUT2D eigenvalue weighted by atomic mass is 32.1. The van der Waals surface area contributed by atoms with Gasteiger partial charge in [-0.1, -0.05) is 31.3 Å². The van der Waals surface area contributed by atoms with E-state index in [1.807, 2.05) is 30.1 Å². The summed E-state index contributed by atoms with van der Waals surface area (Å²) in [5, 5.41) is 2.85. The van der Waals surface area contributed by atoms with E-state index in [4.69, 9.17) is 18.0 Å². The standard InChI is InChI=1S/C14H21N3OS/c1-4-10(2)17(3)9-13(18)16-12-7-5-6-11(8-12)14(15)19/h5-8,10H,4,9H2,1-3H3,(H2,15,19)(H,16,18). The van der Waals surface area contributed by atoms with Gasteiger partial charge in [-0.3, -0.25) is 9.69 Å². The number of carbonyl (C=O) groups excluding carboxylic acids is 1. The Bertz CT molecular complexity index is 462. The van der Waals surface area contributed by atoms with Crippen LogP contribution >= 0.6 is 12.2 Å². The number of hydrogen-bond acceptors (Lipinski definition) is 3. The number of nitrogens with zero attached hydrogens (tertiary/aromatic N) is 1. The van der Waals surface area contributed by atoms with Crippen molar-refractivity contribution in [3.63, 3.8) is 0 Å². The van der Waals surface area contributed by atoms with Gasteiger partial charge in [-0.15, -0.1) is 0 Å². The summed E-state index contributed by atoms with van der Waals surface area (Å²) in [5.41, 5.74) is 7.03. The molecule has 5 heteroatoms. The topological polar surface area (TPSA) is 58.4 Å². The lowest BCUT2D eigenvalue weighted by molar-refractivity contribution is -0.117. The molecule has 1 atom stereocenters. The normalized spacial score (nSPS) is 12.2. The number of carbonyl (C=O) groups is 1. The molecule has 0 fully saturated rings. The molecule has 104 valence electrons. The van der Waals surface area contributed by atoms with Crippen molar-refractivity contribution in [2.24, 2.45) is 5.73 Å². The molecule has 0 aliphatic carbocycles. The summed E-state index contributed by atoms with van der Waals surface area (Å²) in [7, 11) is 1.94. The molecule has 0 radical (unpaired) electrons. The highest BCUT2D eigenvalue weighted by molar-refractivity contribution is 7.80. The van der Waals surface area contributed by atoms with E-state index in [9.17, 15) is 4.79 Å². The molecule has 1 aromatic rings. The third kappa shape index (κ3) is 4.96. The zero-order chi connectivity index (χ0) is 14.4. The van der Waals surface area contributed by atoms with E-state index in [2.05, 4.69) is 19.2 Å². The van der Waals surface area contributed by atoms with Gasteiger partial charge in [0.2, 0.25) is 5.91 Å². The van der Waals surface area contributed by atoms with Gasteiger partial charge in [0.15, 0.2) is 0 Å². The highest BCUT2D eigenvalue weighted by Gasteiger charge is 2.11. The average Bonchev–Trinajstić information content (AvgIpc) is 2.37. The average molecular weight is 279 g/mol. The van der Waals surface area contributed by atoms with Gasteiger partial charge in [0.25, 0.3) is 0 Å². The summed E-state index contributed by atoms with van der Waals surface area (Å²) in [6.45, 7) is 4.57. The molecule has 0 aliphatic heterocycles. The molecule has 0 saturated carbocycles. The van der Waals surface area contributed by atoms with E-state index < -0.39 is 0 Å². The van der Waals surface area contributed by atoms with Crippen LogP contribution in [0.5, 0.6) is 0 Å². The molecule has 4 nitrogen and oxygen atoms in total. The Morgan fingerprint density at radius 2 is 2.21 bits per heavy atom. The summed E-state index contributed by atoms with van der Waals surface area (Å²) < 4.78 is 0. The Balaban J connectivity index is 2.62. The summed E-state index contributed by atoms with van der Waals surface area (Å²) in [6, 6.07) is 7.63. The first kappa shape index (κ1) is 15.6. The summed E-state index contributed by atoms with van der Waals surface area (Å²) in [6.07, 6.45) is 1.01. The van der Waals surface area contributed by atoms with Gasteiger partial charge < -0.3 is 11.1 Å². The molecule has 0 heterocycles. The number of rotatable bonds is 6. The van der Waals surface area contributed by atoms with Crippen LogP contribution in [0.2, 0.25) is 0 Å². The minimum absolute atomic E-state index is 0.0390. The van der Waals surface area contributed by atoms with Crippen molar-refractivity contribution < 1.29 is 4.79 Å². The summed E-state index contributed by atoms with van der Waals surface area (Å²) in [5.74, 6) is -0.0390. The maximum Gasteiger partial charge on any atom is 0.238 e. The zero-order valence-electron chi connectivity index (χ0n) is 11.6. The van der Waals surface area contributed by atoms with E-state index >= 15 is 0 Å². The molecule has 1 unspecified atom stereocenters. The Morgan fingerprint density at radius 3 is 2.79 bits per heavy atom. The molecule has 0 spiro atoms. The van der Waals surface area contributed by atoms with Crippen LogP contribution in [0.15, 0.2) is 24.3 Å². The van der Waals surface area contributed by atoms with Crippen LogP contribution in [0.1, 0.15) is 25.8 Å². The van der Waals surface area contributed by atoms with E-state index in [-0.39, 0.29) is 5.91 Å². The number of hydrogen-bond donors (Lipinski definition) is 2. The number of anilines is 1. The largest absolute Gasteiger partial charge is 0.389 e. The second kappa shape index (κ2) is 7.21. The third-order valence-corrected chi connectivity index (χ3v) is 3.40. The predicted molar refractivity (Wildman–Crippen MR) is 83.3 cm³/mol. The second-order valence-corrected chi connectivity index (χ2v) is 5.11. The SMILES string of the molecule is CCC(C)N(C)CC(=O)Nc1cccc(C(N)=S)c1. The first-order chi connectivity index (χ1) is 8.93. The van der Waals surface area contributed by atoms with Crippen LogP contribution in [0.3, 0.4) is 0 Å². The minimum Gasteiger partial charge on any atom is -0.389 e. The van der Waals surface area contributed by atoms with Gasteiger partial charge in [-0.05, 0) is 32.5 Å². The lowest BCUT2D eigenvalue weighted by Crippen LogP contribution is -2.36. The van der Waals surface area contributed by atoms with E-state index in [0.29, 0.717) is 23.3 Å². The van der Waals surface area contributed by atoms with Crippen molar-refractivity contribution >= 4 is 28.8 Å². The van der Waals surface area contributed by atoms with Gasteiger partial charge in [-0.2, -0.15) is 0 Å². The van der Waals surface area contributed by atoms with E-state index in [0.717, 1.165) is 12.0 Å². The number of nitrogens with one attached hydrogen (secondary N) is 1. The van der Waals surface area contributed by atoms with Crippen molar-refractivity contribution in [3.05, 3.63) is 29.8 Å². The summed E-state index contributed by atoms with van der Waals surface area (Å²) >= 11 is 4.91. The Hall–Kier alpha value is -1.46. The zero-order valence-corrected chi connectivity index (χ0v) is 12.5. The number of likely N-dealkylation sites (N-methyl/N-ethyl adjacent to an activating group) is 1. The first-order valence-corrected chi connectivity index (χ1v) is 6.74. The number of benzene rings is 1. The molecule has 0 aromatic heterocycles. The van der Waals surface area contributed by atoms with Crippen molar-refractivity contribution in [2.75, 3.05) is 18.9 Å². The number of amides is 1. The smallest absolute Gasteiger partial charge is 0.238 e. The second-order valence-electron chi connectivity index (χ2n) is 4.67. The molecule has 1 amide bonds. The van der Waals surface area contributed by atoms with Gasteiger partial charge in [-0.25, -0.2) is 0 Å². The van der Waals surface area contributed by atoms with Crippen LogP contribution in [-0.4, -0.2) is 35.4 Å².